The van der Waals surface area contributed by atoms with Crippen LogP contribution in [-0.4, -0.2) is 30.2 Å². The Balaban J connectivity index is 1.87. The minimum Gasteiger partial charge on any atom is -0.494 e. The molecule has 0 spiro atoms. The number of benzene rings is 1. The fourth-order valence-electron chi connectivity index (χ4n) is 2.34. The molecule has 0 bridgehead atoms. The molecule has 5 heteroatoms. The van der Waals surface area contributed by atoms with Crippen molar-refractivity contribution in [3.05, 3.63) is 77.7 Å². The van der Waals surface area contributed by atoms with Gasteiger partial charge in [-0.05, 0) is 30.3 Å². The van der Waals surface area contributed by atoms with E-state index in [4.69, 9.17) is 9.47 Å². The Morgan fingerprint density at radius 2 is 1.77 bits per heavy atom. The van der Waals surface area contributed by atoms with Crippen molar-refractivity contribution in [3.63, 3.8) is 0 Å². The molecular formula is C21H16N2O3. The number of ether oxygens (including phenoxy) is 2. The minimum absolute atomic E-state index is 0.334. The van der Waals surface area contributed by atoms with Crippen LogP contribution in [0.3, 0.4) is 0 Å². The van der Waals surface area contributed by atoms with Gasteiger partial charge in [-0.15, -0.1) is 0 Å². The van der Waals surface area contributed by atoms with Gasteiger partial charge < -0.3 is 9.47 Å². The van der Waals surface area contributed by atoms with Gasteiger partial charge in [0, 0.05) is 29.1 Å². The molecule has 0 fully saturated rings. The monoisotopic (exact) mass is 344 g/mol. The third-order valence-electron chi connectivity index (χ3n) is 3.69. The molecule has 1 aromatic carbocycles. The molecule has 3 rings (SSSR count). The maximum atomic E-state index is 11.9. The van der Waals surface area contributed by atoms with Crippen LogP contribution in [-0.2, 0) is 4.74 Å². The molecular weight excluding hydrogens is 328 g/mol. The molecule has 0 radical (unpaired) electrons. The Kier molecular flexibility index (Phi) is 5.25. The van der Waals surface area contributed by atoms with E-state index in [1.54, 1.807) is 18.5 Å². The summed E-state index contributed by atoms with van der Waals surface area (Å²) in [4.78, 5) is 20.3. The Hall–Kier alpha value is -3.65. The molecule has 0 amide bonds. The lowest BCUT2D eigenvalue weighted by Crippen LogP contribution is -2.05. The number of aromatic nitrogens is 2. The van der Waals surface area contributed by atoms with Crippen LogP contribution >= 0.6 is 0 Å². The largest absolute Gasteiger partial charge is 0.494 e. The van der Waals surface area contributed by atoms with E-state index in [1.165, 1.54) is 20.4 Å². The molecule has 5 nitrogen and oxygen atoms in total. The Morgan fingerprint density at radius 1 is 1.00 bits per heavy atom. The lowest BCUT2D eigenvalue weighted by Gasteiger charge is -2.08. The average Bonchev–Trinajstić information content (AvgIpc) is 2.72. The Bertz CT molecular complexity index is 972. The van der Waals surface area contributed by atoms with Gasteiger partial charge in [-0.3, -0.25) is 9.97 Å². The van der Waals surface area contributed by atoms with E-state index in [9.17, 15) is 4.79 Å². The number of pyridine rings is 2. The molecule has 3 aromatic rings. The predicted octanol–water partition coefficient (Wildman–Crippen LogP) is 3.34. The van der Waals surface area contributed by atoms with E-state index in [1.807, 2.05) is 36.4 Å². The van der Waals surface area contributed by atoms with Crippen LogP contribution in [0.1, 0.15) is 21.5 Å². The molecule has 0 unspecified atom stereocenters. The van der Waals surface area contributed by atoms with Crippen LogP contribution in [0.5, 0.6) is 5.75 Å². The second kappa shape index (κ2) is 7.95. The first-order valence-electron chi connectivity index (χ1n) is 7.86. The molecule has 0 atom stereocenters. The second-order valence-corrected chi connectivity index (χ2v) is 5.33. The van der Waals surface area contributed by atoms with Gasteiger partial charge in [0.05, 0.1) is 26.1 Å². The summed E-state index contributed by atoms with van der Waals surface area (Å²) in [5, 5.41) is 0. The maximum absolute atomic E-state index is 11.9. The molecule has 2 heterocycles. The predicted molar refractivity (Wildman–Crippen MR) is 97.8 cm³/mol. The molecule has 128 valence electrons. The normalized spacial score (nSPS) is 9.77. The summed E-state index contributed by atoms with van der Waals surface area (Å²) in [6.07, 6.45) is 4.94. The standard InChI is InChI=1S/C21H16N2O3/c1-25-20-14-23-19(12-18(20)21(24)26-2)17-9-7-15(8-10-17)5-6-16-4-3-11-22-13-16/h3-4,7-14H,1-2H3. The summed E-state index contributed by atoms with van der Waals surface area (Å²) in [5.41, 5.74) is 3.58. The number of esters is 1. The van der Waals surface area contributed by atoms with Gasteiger partial charge >= 0.3 is 5.97 Å². The summed E-state index contributed by atoms with van der Waals surface area (Å²) in [7, 11) is 2.82. The lowest BCUT2D eigenvalue weighted by atomic mass is 10.1. The topological polar surface area (TPSA) is 61.3 Å². The van der Waals surface area contributed by atoms with Crippen LogP contribution in [0.15, 0.2) is 61.1 Å². The Morgan fingerprint density at radius 3 is 2.42 bits per heavy atom. The summed E-state index contributed by atoms with van der Waals surface area (Å²) in [6, 6.07) is 13.0. The van der Waals surface area contributed by atoms with Gasteiger partial charge in [0.1, 0.15) is 5.56 Å². The smallest absolute Gasteiger partial charge is 0.341 e. The van der Waals surface area contributed by atoms with Gasteiger partial charge in [-0.25, -0.2) is 4.79 Å². The first-order valence-corrected chi connectivity index (χ1v) is 7.86. The Labute approximate surface area is 151 Å². The SMILES string of the molecule is COC(=O)c1cc(-c2ccc(C#Cc3cccnc3)cc2)ncc1OC. The quantitative estimate of drug-likeness (QED) is 0.539. The zero-order valence-corrected chi connectivity index (χ0v) is 14.4. The van der Waals surface area contributed by atoms with Gasteiger partial charge in [0.2, 0.25) is 0 Å². The molecule has 0 aliphatic rings. The highest BCUT2D eigenvalue weighted by atomic mass is 16.5. The van der Waals surface area contributed by atoms with Crippen molar-refractivity contribution in [1.29, 1.82) is 0 Å². The van der Waals surface area contributed by atoms with Crippen molar-refractivity contribution >= 4 is 5.97 Å². The summed E-state index contributed by atoms with van der Waals surface area (Å²) < 4.78 is 9.96. The lowest BCUT2D eigenvalue weighted by molar-refractivity contribution is 0.0597. The van der Waals surface area contributed by atoms with Crippen LogP contribution < -0.4 is 4.74 Å². The van der Waals surface area contributed by atoms with Crippen LogP contribution in [0, 0.1) is 11.8 Å². The molecule has 26 heavy (non-hydrogen) atoms. The van der Waals surface area contributed by atoms with E-state index in [0.29, 0.717) is 17.0 Å². The summed E-state index contributed by atoms with van der Waals surface area (Å²) in [6.45, 7) is 0. The number of hydrogen-bond donors (Lipinski definition) is 0. The number of carbonyl (C=O) groups excluding carboxylic acids is 1. The van der Waals surface area contributed by atoms with Gasteiger partial charge in [0.15, 0.2) is 5.75 Å². The molecule has 0 saturated heterocycles. The molecule has 0 aliphatic carbocycles. The highest BCUT2D eigenvalue weighted by Gasteiger charge is 2.15. The molecule has 0 N–H and O–H groups in total. The summed E-state index contributed by atoms with van der Waals surface area (Å²) >= 11 is 0. The maximum Gasteiger partial charge on any atom is 0.341 e. The van der Waals surface area contributed by atoms with Gasteiger partial charge in [-0.1, -0.05) is 24.0 Å². The van der Waals surface area contributed by atoms with Crippen molar-refractivity contribution in [1.82, 2.24) is 9.97 Å². The second-order valence-electron chi connectivity index (χ2n) is 5.33. The first-order chi connectivity index (χ1) is 12.7. The molecule has 0 aliphatic heterocycles. The van der Waals surface area contributed by atoms with Crippen LogP contribution in [0.4, 0.5) is 0 Å². The highest BCUT2D eigenvalue weighted by Crippen LogP contribution is 2.25. The number of hydrogen-bond acceptors (Lipinski definition) is 5. The fourth-order valence-corrected chi connectivity index (χ4v) is 2.34. The number of methoxy groups -OCH3 is 2. The van der Waals surface area contributed by atoms with E-state index in [2.05, 4.69) is 21.8 Å². The summed E-state index contributed by atoms with van der Waals surface area (Å²) in [5.74, 6) is 6.06. The van der Waals surface area contributed by atoms with Crippen molar-refractivity contribution in [2.24, 2.45) is 0 Å². The average molecular weight is 344 g/mol. The van der Waals surface area contributed by atoms with Gasteiger partial charge in [-0.2, -0.15) is 0 Å². The van der Waals surface area contributed by atoms with Crippen molar-refractivity contribution in [2.45, 2.75) is 0 Å². The van der Waals surface area contributed by atoms with Crippen molar-refractivity contribution in [3.8, 4) is 28.8 Å². The third-order valence-corrected chi connectivity index (χ3v) is 3.69. The number of nitrogens with zero attached hydrogens (tertiary/aromatic N) is 2. The van der Waals surface area contributed by atoms with Crippen LogP contribution in [0.2, 0.25) is 0 Å². The minimum atomic E-state index is -0.468. The van der Waals surface area contributed by atoms with Crippen molar-refractivity contribution in [2.75, 3.05) is 14.2 Å². The van der Waals surface area contributed by atoms with Gasteiger partial charge in [0.25, 0.3) is 0 Å². The number of rotatable bonds is 3. The van der Waals surface area contributed by atoms with Crippen molar-refractivity contribution < 1.29 is 14.3 Å². The first kappa shape index (κ1) is 17.2. The highest BCUT2D eigenvalue weighted by molar-refractivity contribution is 5.93. The molecule has 2 aromatic heterocycles. The van der Waals surface area contributed by atoms with E-state index >= 15 is 0 Å². The molecule has 0 saturated carbocycles. The third kappa shape index (κ3) is 3.87. The number of carbonyl (C=O) groups is 1. The van der Waals surface area contributed by atoms with Crippen LogP contribution in [0.25, 0.3) is 11.3 Å². The zero-order chi connectivity index (χ0) is 18.4. The van der Waals surface area contributed by atoms with E-state index in [-0.39, 0.29) is 0 Å². The fraction of sp³-hybridized carbons (Fsp3) is 0.0952. The van der Waals surface area contributed by atoms with E-state index < -0.39 is 5.97 Å². The zero-order valence-electron chi connectivity index (χ0n) is 14.4. The van der Waals surface area contributed by atoms with E-state index in [0.717, 1.165) is 16.7 Å².